The van der Waals surface area contributed by atoms with Gasteiger partial charge in [0.1, 0.15) is 5.82 Å². The predicted molar refractivity (Wildman–Crippen MR) is 55.7 cm³/mol. The van der Waals surface area contributed by atoms with E-state index < -0.39 is 0 Å². The third-order valence-corrected chi connectivity index (χ3v) is 1.96. The van der Waals surface area contributed by atoms with Gasteiger partial charge in [-0.05, 0) is 29.8 Å². The Morgan fingerprint density at radius 1 is 1.07 bits per heavy atom. The summed E-state index contributed by atoms with van der Waals surface area (Å²) in [6.07, 6.45) is 4.36. The number of nitrogens with zero attached hydrogens (tertiary/aromatic N) is 2. The van der Waals surface area contributed by atoms with Crippen molar-refractivity contribution in [3.05, 3.63) is 54.0 Å². The van der Waals surface area contributed by atoms with E-state index >= 15 is 0 Å². The minimum atomic E-state index is 0.566. The molecule has 2 aromatic heterocycles. The van der Waals surface area contributed by atoms with Gasteiger partial charge in [-0.1, -0.05) is 6.07 Å². The van der Waals surface area contributed by atoms with Gasteiger partial charge in [0.05, 0.1) is 0 Å². The number of nitrogen functional groups attached to an aromatic ring is 1. The van der Waals surface area contributed by atoms with Gasteiger partial charge in [-0.15, -0.1) is 0 Å². The van der Waals surface area contributed by atoms with Gasteiger partial charge in [0, 0.05) is 24.5 Å². The molecule has 70 valence electrons. The number of anilines is 1. The van der Waals surface area contributed by atoms with Crippen molar-refractivity contribution in [2.24, 2.45) is 0 Å². The molecule has 14 heavy (non-hydrogen) atoms. The quantitative estimate of drug-likeness (QED) is 0.774. The predicted octanol–water partition coefficient (Wildman–Crippen LogP) is 1.65. The Hall–Kier alpha value is -1.90. The molecular weight excluding hydrogens is 174 g/mol. The van der Waals surface area contributed by atoms with E-state index in [1.807, 2.05) is 24.3 Å². The average Bonchev–Trinajstić information content (AvgIpc) is 2.19. The van der Waals surface area contributed by atoms with Crippen LogP contribution in [-0.4, -0.2) is 9.97 Å². The normalized spacial score (nSPS) is 10.0. The lowest BCUT2D eigenvalue weighted by Gasteiger charge is -2.00. The number of aromatic nitrogens is 2. The lowest BCUT2D eigenvalue weighted by atomic mass is 10.1. The SMILES string of the molecule is Nc1cccc(Cc2ccncc2)n1. The molecule has 0 spiro atoms. The molecule has 0 aromatic carbocycles. The van der Waals surface area contributed by atoms with Crippen LogP contribution < -0.4 is 5.73 Å². The summed E-state index contributed by atoms with van der Waals surface area (Å²) in [7, 11) is 0. The van der Waals surface area contributed by atoms with Crippen LogP contribution in [0.1, 0.15) is 11.3 Å². The summed E-state index contributed by atoms with van der Waals surface area (Å²) in [4.78, 5) is 8.19. The van der Waals surface area contributed by atoms with Crippen molar-refractivity contribution < 1.29 is 0 Å². The van der Waals surface area contributed by atoms with Crippen LogP contribution in [0.15, 0.2) is 42.7 Å². The molecule has 0 bridgehead atoms. The molecule has 3 nitrogen and oxygen atoms in total. The third kappa shape index (κ3) is 2.07. The fourth-order valence-corrected chi connectivity index (χ4v) is 1.31. The van der Waals surface area contributed by atoms with E-state index in [2.05, 4.69) is 9.97 Å². The molecule has 0 amide bonds. The molecule has 0 atom stereocenters. The zero-order chi connectivity index (χ0) is 9.80. The third-order valence-electron chi connectivity index (χ3n) is 1.96. The van der Waals surface area contributed by atoms with Gasteiger partial charge in [-0.3, -0.25) is 4.98 Å². The van der Waals surface area contributed by atoms with Crippen molar-refractivity contribution in [3.63, 3.8) is 0 Å². The van der Waals surface area contributed by atoms with Crippen molar-refractivity contribution in [2.45, 2.75) is 6.42 Å². The maximum absolute atomic E-state index is 5.59. The maximum Gasteiger partial charge on any atom is 0.123 e. The van der Waals surface area contributed by atoms with Crippen LogP contribution in [0.5, 0.6) is 0 Å². The molecule has 3 heteroatoms. The van der Waals surface area contributed by atoms with Gasteiger partial charge >= 0.3 is 0 Å². The van der Waals surface area contributed by atoms with Crippen molar-refractivity contribution in [1.82, 2.24) is 9.97 Å². The summed E-state index contributed by atoms with van der Waals surface area (Å²) in [5.74, 6) is 0.566. The number of pyridine rings is 2. The average molecular weight is 185 g/mol. The highest BCUT2D eigenvalue weighted by atomic mass is 14.8. The van der Waals surface area contributed by atoms with Gasteiger partial charge in [0.25, 0.3) is 0 Å². The van der Waals surface area contributed by atoms with E-state index in [0.29, 0.717) is 5.82 Å². The first-order valence-corrected chi connectivity index (χ1v) is 4.45. The summed E-state index contributed by atoms with van der Waals surface area (Å²) in [6.45, 7) is 0. The van der Waals surface area contributed by atoms with Gasteiger partial charge in [0.15, 0.2) is 0 Å². The van der Waals surface area contributed by atoms with Crippen LogP contribution in [0.2, 0.25) is 0 Å². The second-order valence-electron chi connectivity index (χ2n) is 3.09. The monoisotopic (exact) mass is 185 g/mol. The first-order valence-electron chi connectivity index (χ1n) is 4.45. The van der Waals surface area contributed by atoms with E-state index in [1.165, 1.54) is 5.56 Å². The first-order chi connectivity index (χ1) is 6.84. The van der Waals surface area contributed by atoms with Crippen molar-refractivity contribution >= 4 is 5.82 Å². The first kappa shape index (κ1) is 8.69. The molecule has 2 aromatic rings. The number of hydrogen-bond acceptors (Lipinski definition) is 3. The summed E-state index contributed by atoms with van der Waals surface area (Å²) in [6, 6.07) is 9.63. The van der Waals surface area contributed by atoms with Crippen LogP contribution in [-0.2, 0) is 6.42 Å². The fraction of sp³-hybridized carbons (Fsp3) is 0.0909. The summed E-state index contributed by atoms with van der Waals surface area (Å²) in [5, 5.41) is 0. The Morgan fingerprint density at radius 2 is 1.86 bits per heavy atom. The molecular formula is C11H11N3. The minimum absolute atomic E-state index is 0.566. The molecule has 0 unspecified atom stereocenters. The highest BCUT2D eigenvalue weighted by Crippen LogP contribution is 2.07. The Balaban J connectivity index is 2.19. The van der Waals surface area contributed by atoms with Crippen molar-refractivity contribution in [1.29, 1.82) is 0 Å². The molecule has 0 aliphatic heterocycles. The van der Waals surface area contributed by atoms with Gasteiger partial charge in [0.2, 0.25) is 0 Å². The van der Waals surface area contributed by atoms with E-state index in [1.54, 1.807) is 18.5 Å². The van der Waals surface area contributed by atoms with E-state index in [0.717, 1.165) is 12.1 Å². The fourth-order valence-electron chi connectivity index (χ4n) is 1.31. The lowest BCUT2D eigenvalue weighted by Crippen LogP contribution is -1.96. The van der Waals surface area contributed by atoms with Crippen LogP contribution in [0.4, 0.5) is 5.82 Å². The Morgan fingerprint density at radius 3 is 2.57 bits per heavy atom. The van der Waals surface area contributed by atoms with Gasteiger partial charge < -0.3 is 5.73 Å². The molecule has 0 aliphatic carbocycles. The number of nitrogens with two attached hydrogens (primary N) is 1. The smallest absolute Gasteiger partial charge is 0.123 e. The molecule has 2 heterocycles. The highest BCUT2D eigenvalue weighted by Gasteiger charge is 1.96. The maximum atomic E-state index is 5.59. The van der Waals surface area contributed by atoms with Crippen LogP contribution in [0, 0.1) is 0 Å². The number of rotatable bonds is 2. The van der Waals surface area contributed by atoms with Crippen LogP contribution in [0.3, 0.4) is 0 Å². The van der Waals surface area contributed by atoms with E-state index in [4.69, 9.17) is 5.73 Å². The topological polar surface area (TPSA) is 51.8 Å². The standard InChI is InChI=1S/C11H11N3/c12-11-3-1-2-10(14-11)8-9-4-6-13-7-5-9/h1-7H,8H2,(H2,12,14). The minimum Gasteiger partial charge on any atom is -0.384 e. The second-order valence-corrected chi connectivity index (χ2v) is 3.09. The number of hydrogen-bond donors (Lipinski definition) is 1. The second kappa shape index (κ2) is 3.87. The van der Waals surface area contributed by atoms with E-state index in [-0.39, 0.29) is 0 Å². The lowest BCUT2D eigenvalue weighted by molar-refractivity contribution is 1.07. The van der Waals surface area contributed by atoms with E-state index in [9.17, 15) is 0 Å². The summed E-state index contributed by atoms with van der Waals surface area (Å²) in [5.41, 5.74) is 7.76. The van der Waals surface area contributed by atoms with Gasteiger partial charge in [-0.2, -0.15) is 0 Å². The van der Waals surface area contributed by atoms with Crippen LogP contribution >= 0.6 is 0 Å². The Bertz CT molecular complexity index is 412. The van der Waals surface area contributed by atoms with Crippen molar-refractivity contribution in [2.75, 3.05) is 5.73 Å². The molecule has 2 N–H and O–H groups in total. The zero-order valence-electron chi connectivity index (χ0n) is 7.72. The van der Waals surface area contributed by atoms with Crippen molar-refractivity contribution in [3.8, 4) is 0 Å². The Labute approximate surface area is 82.6 Å². The molecule has 0 saturated heterocycles. The van der Waals surface area contributed by atoms with Crippen LogP contribution in [0.25, 0.3) is 0 Å². The summed E-state index contributed by atoms with van der Waals surface area (Å²) >= 11 is 0. The summed E-state index contributed by atoms with van der Waals surface area (Å²) < 4.78 is 0. The zero-order valence-corrected chi connectivity index (χ0v) is 7.72. The molecule has 2 rings (SSSR count). The molecule has 0 aliphatic rings. The molecule has 0 fully saturated rings. The van der Waals surface area contributed by atoms with Gasteiger partial charge in [-0.25, -0.2) is 4.98 Å². The largest absolute Gasteiger partial charge is 0.384 e. The highest BCUT2D eigenvalue weighted by molar-refractivity contribution is 5.30. The Kier molecular flexibility index (Phi) is 2.40. The molecule has 0 saturated carbocycles. The molecule has 0 radical (unpaired) electrons.